The Hall–Kier alpha value is -1.26. The third-order valence-electron chi connectivity index (χ3n) is 3.68. The summed E-state index contributed by atoms with van der Waals surface area (Å²) in [6.07, 6.45) is 5.56. The summed E-state index contributed by atoms with van der Waals surface area (Å²) in [5.74, 6) is 0.180. The van der Waals surface area contributed by atoms with Crippen LogP contribution in [0.25, 0.3) is 0 Å². The Morgan fingerprint density at radius 2 is 2.11 bits per heavy atom. The Bertz CT molecular complexity index is 328. The minimum absolute atomic E-state index is 0.187. The van der Waals surface area contributed by atoms with Gasteiger partial charge in [-0.3, -0.25) is 4.79 Å². The molecule has 0 spiro atoms. The first-order chi connectivity index (χ1) is 8.60. The topological polar surface area (TPSA) is 69.6 Å². The zero-order chi connectivity index (χ0) is 13.1. The molecule has 2 rings (SSSR count). The van der Waals surface area contributed by atoms with Gasteiger partial charge in [-0.2, -0.15) is 0 Å². The summed E-state index contributed by atoms with van der Waals surface area (Å²) in [5, 5.41) is 11.8. The Balaban J connectivity index is 1.77. The normalized spacial score (nSPS) is 25.6. The van der Waals surface area contributed by atoms with Crippen molar-refractivity contribution in [1.29, 1.82) is 0 Å². The quantitative estimate of drug-likeness (QED) is 0.726. The van der Waals surface area contributed by atoms with Gasteiger partial charge in [-0.1, -0.05) is 13.3 Å². The third kappa shape index (κ3) is 3.89. The minimum atomic E-state index is -0.938. The minimum Gasteiger partial charge on any atom is -0.480 e. The van der Waals surface area contributed by atoms with Gasteiger partial charge in [0.25, 0.3) is 0 Å². The van der Waals surface area contributed by atoms with Gasteiger partial charge < -0.3 is 15.3 Å². The molecule has 0 bridgehead atoms. The molecule has 0 aromatic carbocycles. The summed E-state index contributed by atoms with van der Waals surface area (Å²) in [6, 6.07) is 0.0702. The molecule has 102 valence electrons. The van der Waals surface area contributed by atoms with Crippen molar-refractivity contribution in [2.24, 2.45) is 11.8 Å². The number of rotatable bonds is 7. The van der Waals surface area contributed by atoms with E-state index >= 15 is 0 Å². The maximum absolute atomic E-state index is 12.0. The van der Waals surface area contributed by atoms with Gasteiger partial charge in [-0.05, 0) is 37.5 Å². The zero-order valence-corrected chi connectivity index (χ0v) is 10.9. The van der Waals surface area contributed by atoms with E-state index in [1.807, 2.05) is 0 Å². The molecule has 2 N–H and O–H groups in total. The van der Waals surface area contributed by atoms with Crippen molar-refractivity contribution in [2.45, 2.75) is 45.1 Å². The molecule has 0 heterocycles. The first-order valence-electron chi connectivity index (χ1n) is 6.87. The lowest BCUT2D eigenvalue weighted by Gasteiger charge is -2.21. The van der Waals surface area contributed by atoms with E-state index in [1.54, 1.807) is 0 Å². The maximum atomic E-state index is 12.0. The van der Waals surface area contributed by atoms with Gasteiger partial charge in [0.2, 0.25) is 0 Å². The second-order valence-electron chi connectivity index (χ2n) is 5.56. The summed E-state index contributed by atoms with van der Waals surface area (Å²) < 4.78 is 0. The Morgan fingerprint density at radius 1 is 1.39 bits per heavy atom. The van der Waals surface area contributed by atoms with Crippen LogP contribution in [0.4, 0.5) is 4.79 Å². The fourth-order valence-electron chi connectivity index (χ4n) is 2.36. The van der Waals surface area contributed by atoms with E-state index in [-0.39, 0.29) is 18.6 Å². The van der Waals surface area contributed by atoms with Gasteiger partial charge in [-0.15, -0.1) is 0 Å². The first kappa shape index (κ1) is 13.2. The molecule has 2 aliphatic rings. The Labute approximate surface area is 108 Å². The highest BCUT2D eigenvalue weighted by Gasteiger charge is 2.38. The highest BCUT2D eigenvalue weighted by atomic mass is 16.4. The standard InChI is InChI=1S/C13H22N2O3/c1-2-3-10-6-11(10)14-13(18)15(8-12(16)17)7-9-4-5-9/h9-11H,2-8H2,1H3,(H,14,18)(H,16,17). The molecule has 18 heavy (non-hydrogen) atoms. The van der Waals surface area contributed by atoms with Crippen molar-refractivity contribution in [3.8, 4) is 0 Å². The smallest absolute Gasteiger partial charge is 0.323 e. The molecule has 2 atom stereocenters. The molecule has 2 amide bonds. The molecule has 0 aromatic rings. The Morgan fingerprint density at radius 3 is 2.67 bits per heavy atom. The van der Waals surface area contributed by atoms with Gasteiger partial charge >= 0.3 is 12.0 Å². The average Bonchev–Trinajstić information content (AvgIpc) is 3.16. The highest BCUT2D eigenvalue weighted by molar-refractivity contribution is 5.80. The lowest BCUT2D eigenvalue weighted by atomic mass is 10.2. The first-order valence-corrected chi connectivity index (χ1v) is 6.87. The molecule has 5 heteroatoms. The number of urea groups is 1. The van der Waals surface area contributed by atoms with Gasteiger partial charge in [0, 0.05) is 12.6 Å². The van der Waals surface area contributed by atoms with Crippen LogP contribution in [-0.2, 0) is 4.79 Å². The van der Waals surface area contributed by atoms with E-state index in [0.717, 1.165) is 32.1 Å². The van der Waals surface area contributed by atoms with Crippen LogP contribution in [0.2, 0.25) is 0 Å². The van der Waals surface area contributed by atoms with Crippen molar-refractivity contribution in [2.75, 3.05) is 13.1 Å². The zero-order valence-electron chi connectivity index (χ0n) is 10.9. The van der Waals surface area contributed by atoms with Crippen molar-refractivity contribution in [1.82, 2.24) is 10.2 Å². The maximum Gasteiger partial charge on any atom is 0.323 e. The number of carbonyl (C=O) groups excluding carboxylic acids is 1. The van der Waals surface area contributed by atoms with E-state index in [0.29, 0.717) is 18.4 Å². The summed E-state index contributed by atoms with van der Waals surface area (Å²) in [4.78, 5) is 24.2. The van der Waals surface area contributed by atoms with Crippen LogP contribution in [0.3, 0.4) is 0 Å². The summed E-state index contributed by atoms with van der Waals surface area (Å²) in [6.45, 7) is 2.54. The number of carboxylic acid groups (broad SMARTS) is 1. The number of hydrogen-bond acceptors (Lipinski definition) is 2. The van der Waals surface area contributed by atoms with Crippen LogP contribution in [0.15, 0.2) is 0 Å². The van der Waals surface area contributed by atoms with Crippen LogP contribution in [0.5, 0.6) is 0 Å². The molecule has 2 aliphatic carbocycles. The second kappa shape index (κ2) is 5.59. The van der Waals surface area contributed by atoms with Crippen LogP contribution in [0, 0.1) is 11.8 Å². The van der Waals surface area contributed by atoms with Crippen LogP contribution in [0.1, 0.15) is 39.0 Å². The third-order valence-corrected chi connectivity index (χ3v) is 3.68. The van der Waals surface area contributed by atoms with Gasteiger partial charge in [0.1, 0.15) is 6.54 Å². The van der Waals surface area contributed by atoms with Crippen LogP contribution < -0.4 is 5.32 Å². The predicted molar refractivity (Wildman–Crippen MR) is 67.3 cm³/mol. The molecule has 0 saturated heterocycles. The number of carboxylic acids is 1. The van der Waals surface area contributed by atoms with Gasteiger partial charge in [-0.25, -0.2) is 4.79 Å². The van der Waals surface area contributed by atoms with E-state index in [2.05, 4.69) is 12.2 Å². The fourth-order valence-corrected chi connectivity index (χ4v) is 2.36. The molecule has 2 unspecified atom stereocenters. The molecule has 5 nitrogen and oxygen atoms in total. The molecule has 2 fully saturated rings. The number of hydrogen-bond donors (Lipinski definition) is 2. The van der Waals surface area contributed by atoms with E-state index < -0.39 is 5.97 Å². The van der Waals surface area contributed by atoms with Crippen molar-refractivity contribution in [3.63, 3.8) is 0 Å². The van der Waals surface area contributed by atoms with E-state index in [9.17, 15) is 9.59 Å². The number of carbonyl (C=O) groups is 2. The summed E-state index contributed by atoms with van der Waals surface area (Å²) in [7, 11) is 0. The largest absolute Gasteiger partial charge is 0.480 e. The Kier molecular flexibility index (Phi) is 4.09. The second-order valence-corrected chi connectivity index (χ2v) is 5.56. The SMILES string of the molecule is CCCC1CC1NC(=O)N(CC(=O)O)CC1CC1. The molecule has 0 aliphatic heterocycles. The molecule has 0 aromatic heterocycles. The number of nitrogens with zero attached hydrogens (tertiary/aromatic N) is 1. The van der Waals surface area contributed by atoms with Crippen LogP contribution in [-0.4, -0.2) is 41.1 Å². The average molecular weight is 254 g/mol. The van der Waals surface area contributed by atoms with E-state index in [1.165, 1.54) is 4.90 Å². The molecule has 2 saturated carbocycles. The lowest BCUT2D eigenvalue weighted by molar-refractivity contribution is -0.137. The highest BCUT2D eigenvalue weighted by Crippen LogP contribution is 2.35. The molecular formula is C13H22N2O3. The monoisotopic (exact) mass is 254 g/mol. The predicted octanol–water partition coefficient (Wildman–Crippen LogP) is 1.68. The molecule has 0 radical (unpaired) electrons. The summed E-state index contributed by atoms with van der Waals surface area (Å²) >= 11 is 0. The van der Waals surface area contributed by atoms with Crippen LogP contribution >= 0.6 is 0 Å². The van der Waals surface area contributed by atoms with E-state index in [4.69, 9.17) is 5.11 Å². The number of amides is 2. The van der Waals surface area contributed by atoms with Gasteiger partial charge in [0.15, 0.2) is 0 Å². The lowest BCUT2D eigenvalue weighted by Crippen LogP contribution is -2.44. The molecular weight excluding hydrogens is 232 g/mol. The van der Waals surface area contributed by atoms with Crippen molar-refractivity contribution in [3.05, 3.63) is 0 Å². The summed E-state index contributed by atoms with van der Waals surface area (Å²) in [5.41, 5.74) is 0. The number of nitrogens with one attached hydrogen (secondary N) is 1. The number of aliphatic carboxylic acids is 1. The van der Waals surface area contributed by atoms with Gasteiger partial charge in [0.05, 0.1) is 0 Å². The van der Waals surface area contributed by atoms with Crippen molar-refractivity contribution < 1.29 is 14.7 Å². The fraction of sp³-hybridized carbons (Fsp3) is 0.846. The van der Waals surface area contributed by atoms with Crippen molar-refractivity contribution >= 4 is 12.0 Å².